The van der Waals surface area contributed by atoms with Crippen LogP contribution in [0.2, 0.25) is 0 Å². The van der Waals surface area contributed by atoms with E-state index in [1.165, 1.54) is 6.92 Å². The van der Waals surface area contributed by atoms with Crippen molar-refractivity contribution in [2.75, 3.05) is 20.2 Å². The van der Waals surface area contributed by atoms with Crippen molar-refractivity contribution >= 4 is 11.8 Å². The predicted molar refractivity (Wildman–Crippen MR) is 73.0 cm³/mol. The highest BCUT2D eigenvalue weighted by molar-refractivity contribution is 5.76. The van der Waals surface area contributed by atoms with Crippen LogP contribution >= 0.6 is 0 Å². The molecule has 1 aromatic carbocycles. The predicted octanol–water partition coefficient (Wildman–Crippen LogP) is 0.880. The first-order valence-corrected chi connectivity index (χ1v) is 6.26. The Morgan fingerprint density at radius 1 is 1.21 bits per heavy atom. The zero-order chi connectivity index (χ0) is 14.1. The van der Waals surface area contributed by atoms with Gasteiger partial charge in [0.2, 0.25) is 11.8 Å². The minimum atomic E-state index is -0.0920. The molecule has 0 saturated heterocycles. The molecule has 1 rings (SSSR count). The highest BCUT2D eigenvalue weighted by atomic mass is 16.5. The minimum absolute atomic E-state index is 0.0202. The summed E-state index contributed by atoms with van der Waals surface area (Å²) >= 11 is 0. The van der Waals surface area contributed by atoms with Crippen LogP contribution in [-0.4, -0.2) is 32.0 Å². The third-order valence-corrected chi connectivity index (χ3v) is 2.60. The van der Waals surface area contributed by atoms with Crippen LogP contribution in [-0.2, 0) is 16.0 Å². The number of aryl methyl sites for hydroxylation is 1. The number of carbonyl (C=O) groups is 2. The molecular formula is C14H20N2O3. The van der Waals surface area contributed by atoms with Crippen LogP contribution in [0.1, 0.15) is 18.9 Å². The van der Waals surface area contributed by atoms with Crippen LogP contribution in [0.5, 0.6) is 5.75 Å². The van der Waals surface area contributed by atoms with E-state index in [4.69, 9.17) is 4.74 Å². The van der Waals surface area contributed by atoms with E-state index in [9.17, 15) is 9.59 Å². The first kappa shape index (κ1) is 15.0. The maximum atomic E-state index is 11.6. The zero-order valence-electron chi connectivity index (χ0n) is 11.4. The highest BCUT2D eigenvalue weighted by Gasteiger charge is 2.02. The summed E-state index contributed by atoms with van der Waals surface area (Å²) in [6.45, 7) is 2.36. The summed E-state index contributed by atoms with van der Waals surface area (Å²) in [4.78, 5) is 22.2. The van der Waals surface area contributed by atoms with Gasteiger partial charge in [0, 0.05) is 26.4 Å². The lowest BCUT2D eigenvalue weighted by Crippen LogP contribution is -2.33. The molecule has 0 saturated carbocycles. The van der Waals surface area contributed by atoms with E-state index in [-0.39, 0.29) is 11.8 Å². The molecular weight excluding hydrogens is 244 g/mol. The Hall–Kier alpha value is -2.04. The number of nitrogens with one attached hydrogen (secondary N) is 2. The molecule has 104 valence electrons. The molecule has 5 nitrogen and oxygen atoms in total. The molecule has 19 heavy (non-hydrogen) atoms. The largest absolute Gasteiger partial charge is 0.497 e. The number of rotatable bonds is 7. The Balaban J connectivity index is 2.24. The molecule has 0 unspecified atom stereocenters. The summed E-state index contributed by atoms with van der Waals surface area (Å²) in [7, 11) is 1.62. The van der Waals surface area contributed by atoms with Gasteiger partial charge in [0.25, 0.3) is 0 Å². The van der Waals surface area contributed by atoms with E-state index in [0.29, 0.717) is 25.9 Å². The Morgan fingerprint density at radius 2 is 1.95 bits per heavy atom. The van der Waals surface area contributed by atoms with E-state index >= 15 is 0 Å². The molecule has 0 aliphatic heterocycles. The monoisotopic (exact) mass is 264 g/mol. The van der Waals surface area contributed by atoms with E-state index in [2.05, 4.69) is 10.6 Å². The number of hydrogen-bond acceptors (Lipinski definition) is 3. The van der Waals surface area contributed by atoms with Crippen molar-refractivity contribution in [3.05, 3.63) is 29.8 Å². The number of methoxy groups -OCH3 is 1. The van der Waals surface area contributed by atoms with Crippen LogP contribution in [0.4, 0.5) is 0 Å². The Bertz CT molecular complexity index is 432. The third kappa shape index (κ3) is 6.45. The summed E-state index contributed by atoms with van der Waals surface area (Å²) in [5, 5.41) is 5.37. The first-order chi connectivity index (χ1) is 9.11. The van der Waals surface area contributed by atoms with Crippen LogP contribution < -0.4 is 15.4 Å². The van der Waals surface area contributed by atoms with Gasteiger partial charge in [-0.25, -0.2) is 0 Å². The van der Waals surface area contributed by atoms with Crippen molar-refractivity contribution in [1.29, 1.82) is 0 Å². The average Bonchev–Trinajstić information content (AvgIpc) is 2.41. The lowest BCUT2D eigenvalue weighted by Gasteiger charge is -2.06. The normalized spacial score (nSPS) is 9.79. The fraction of sp³-hybridized carbons (Fsp3) is 0.429. The highest BCUT2D eigenvalue weighted by Crippen LogP contribution is 2.13. The zero-order valence-corrected chi connectivity index (χ0v) is 11.4. The van der Waals surface area contributed by atoms with Crippen LogP contribution in [0.3, 0.4) is 0 Å². The molecule has 2 amide bonds. The van der Waals surface area contributed by atoms with E-state index < -0.39 is 0 Å². The maximum absolute atomic E-state index is 11.6. The molecule has 0 aliphatic carbocycles. The summed E-state index contributed by atoms with van der Waals surface area (Å²) in [5.41, 5.74) is 1.07. The van der Waals surface area contributed by atoms with Gasteiger partial charge in [-0.05, 0) is 24.1 Å². The standard InChI is InChI=1S/C14H20N2O3/c1-11(17)15-8-9-16-14(18)7-6-12-4-3-5-13(10-12)19-2/h3-5,10H,6-9H2,1-2H3,(H,15,17)(H,16,18). The molecule has 0 aromatic heterocycles. The Kier molecular flexibility index (Phi) is 6.43. The topological polar surface area (TPSA) is 67.4 Å². The van der Waals surface area contributed by atoms with Gasteiger partial charge in [-0.3, -0.25) is 9.59 Å². The van der Waals surface area contributed by atoms with Crippen LogP contribution in [0, 0.1) is 0 Å². The molecule has 1 aromatic rings. The van der Waals surface area contributed by atoms with Gasteiger partial charge in [0.1, 0.15) is 5.75 Å². The lowest BCUT2D eigenvalue weighted by molar-refractivity contribution is -0.122. The summed E-state index contributed by atoms with van der Waals surface area (Å²) in [6, 6.07) is 7.66. The molecule has 2 N–H and O–H groups in total. The molecule has 0 radical (unpaired) electrons. The fourth-order valence-corrected chi connectivity index (χ4v) is 1.61. The average molecular weight is 264 g/mol. The van der Waals surface area contributed by atoms with Gasteiger partial charge in [-0.1, -0.05) is 12.1 Å². The maximum Gasteiger partial charge on any atom is 0.220 e. The van der Waals surface area contributed by atoms with Crippen molar-refractivity contribution in [1.82, 2.24) is 10.6 Å². The first-order valence-electron chi connectivity index (χ1n) is 6.26. The quantitative estimate of drug-likeness (QED) is 0.718. The van der Waals surface area contributed by atoms with Crippen molar-refractivity contribution in [3.63, 3.8) is 0 Å². The fourth-order valence-electron chi connectivity index (χ4n) is 1.61. The van der Waals surface area contributed by atoms with Gasteiger partial charge in [-0.15, -0.1) is 0 Å². The number of benzene rings is 1. The molecule has 0 spiro atoms. The molecule has 5 heteroatoms. The van der Waals surface area contributed by atoms with Crippen molar-refractivity contribution in [2.24, 2.45) is 0 Å². The Labute approximate surface area is 113 Å². The minimum Gasteiger partial charge on any atom is -0.497 e. The van der Waals surface area contributed by atoms with E-state index in [0.717, 1.165) is 11.3 Å². The molecule has 0 aliphatic rings. The van der Waals surface area contributed by atoms with Gasteiger partial charge in [0.15, 0.2) is 0 Å². The molecule has 0 fully saturated rings. The van der Waals surface area contributed by atoms with Crippen molar-refractivity contribution in [2.45, 2.75) is 19.8 Å². The van der Waals surface area contributed by atoms with Crippen LogP contribution in [0.15, 0.2) is 24.3 Å². The second kappa shape index (κ2) is 8.13. The summed E-state index contributed by atoms with van der Waals surface area (Å²) in [6.07, 6.45) is 1.09. The summed E-state index contributed by atoms with van der Waals surface area (Å²) in [5.74, 6) is 0.683. The number of ether oxygens (including phenoxy) is 1. The van der Waals surface area contributed by atoms with Gasteiger partial charge >= 0.3 is 0 Å². The van der Waals surface area contributed by atoms with Gasteiger partial charge in [0.05, 0.1) is 7.11 Å². The molecule has 0 atom stereocenters. The Morgan fingerprint density at radius 3 is 2.63 bits per heavy atom. The van der Waals surface area contributed by atoms with Crippen LogP contribution in [0.25, 0.3) is 0 Å². The van der Waals surface area contributed by atoms with Gasteiger partial charge < -0.3 is 15.4 Å². The number of amides is 2. The molecule has 0 heterocycles. The van der Waals surface area contributed by atoms with Crippen molar-refractivity contribution < 1.29 is 14.3 Å². The van der Waals surface area contributed by atoms with E-state index in [1.54, 1.807) is 7.11 Å². The second-order valence-electron chi connectivity index (χ2n) is 4.18. The number of carbonyl (C=O) groups excluding carboxylic acids is 2. The van der Waals surface area contributed by atoms with Gasteiger partial charge in [-0.2, -0.15) is 0 Å². The smallest absolute Gasteiger partial charge is 0.220 e. The SMILES string of the molecule is COc1cccc(CCC(=O)NCCNC(C)=O)c1. The molecule has 0 bridgehead atoms. The summed E-state index contributed by atoms with van der Waals surface area (Å²) < 4.78 is 5.12. The van der Waals surface area contributed by atoms with E-state index in [1.807, 2.05) is 24.3 Å². The number of hydrogen-bond donors (Lipinski definition) is 2. The third-order valence-electron chi connectivity index (χ3n) is 2.60. The second-order valence-corrected chi connectivity index (χ2v) is 4.18. The lowest BCUT2D eigenvalue weighted by atomic mass is 10.1. The van der Waals surface area contributed by atoms with Crippen molar-refractivity contribution in [3.8, 4) is 5.75 Å².